The summed E-state index contributed by atoms with van der Waals surface area (Å²) in [4.78, 5) is 17.2. The van der Waals surface area contributed by atoms with Gasteiger partial charge in [-0.1, -0.05) is 0 Å². The van der Waals surface area contributed by atoms with Crippen molar-refractivity contribution in [1.29, 1.82) is 0 Å². The number of carbonyl (C=O) groups excluding carboxylic acids is 1. The van der Waals surface area contributed by atoms with Crippen LogP contribution in [0.4, 0.5) is 9.70 Å². The lowest BCUT2D eigenvalue weighted by atomic mass is 10.3. The Balaban J connectivity index is 2.39. The minimum Gasteiger partial charge on any atom is -0.294 e. The third kappa shape index (κ3) is 2.97. The van der Waals surface area contributed by atoms with Crippen molar-refractivity contribution in [3.8, 4) is 0 Å². The number of hydrogen-bond donors (Lipinski definition) is 0. The molecular formula is C10H9Br2FN2O3S. The average Bonchev–Trinajstić information content (AvgIpc) is 2.65. The molecule has 1 aliphatic rings. The Morgan fingerprint density at radius 2 is 2.05 bits per heavy atom. The van der Waals surface area contributed by atoms with Crippen molar-refractivity contribution >= 4 is 53.8 Å². The topological polar surface area (TPSA) is 67.3 Å². The molecule has 0 radical (unpaired) electrons. The minimum absolute atomic E-state index is 0.218. The van der Waals surface area contributed by atoms with Gasteiger partial charge in [0.1, 0.15) is 11.1 Å². The fourth-order valence-corrected chi connectivity index (χ4v) is 3.63. The van der Waals surface area contributed by atoms with E-state index in [1.165, 1.54) is 4.90 Å². The Morgan fingerprint density at radius 3 is 2.58 bits per heavy atom. The number of amides is 1. The lowest BCUT2D eigenvalue weighted by Crippen LogP contribution is -2.28. The number of anilines is 1. The molecule has 1 aliphatic heterocycles. The number of rotatable bonds is 2. The van der Waals surface area contributed by atoms with Crippen molar-refractivity contribution in [1.82, 2.24) is 4.98 Å². The van der Waals surface area contributed by atoms with Crippen LogP contribution >= 0.6 is 31.9 Å². The molecule has 1 saturated heterocycles. The molecule has 9 heteroatoms. The third-order valence-corrected chi connectivity index (χ3v) is 5.33. The first-order valence-electron chi connectivity index (χ1n) is 5.26. The molecule has 1 amide bonds. The molecule has 2 heterocycles. The van der Waals surface area contributed by atoms with E-state index in [-0.39, 0.29) is 13.0 Å². The zero-order valence-corrected chi connectivity index (χ0v) is 13.7. The van der Waals surface area contributed by atoms with Crippen molar-refractivity contribution in [2.24, 2.45) is 0 Å². The van der Waals surface area contributed by atoms with Gasteiger partial charge in [-0.15, -0.1) is 3.89 Å². The van der Waals surface area contributed by atoms with Gasteiger partial charge in [0.25, 0.3) is 0 Å². The van der Waals surface area contributed by atoms with Crippen molar-refractivity contribution in [3.05, 3.63) is 20.7 Å². The van der Waals surface area contributed by atoms with Crippen LogP contribution in [-0.2, 0) is 15.0 Å². The van der Waals surface area contributed by atoms with Crippen LogP contribution in [0.25, 0.3) is 0 Å². The van der Waals surface area contributed by atoms with Crippen LogP contribution in [0.5, 0.6) is 0 Å². The Hall–Kier alpha value is -0.540. The Morgan fingerprint density at radius 1 is 1.42 bits per heavy atom. The van der Waals surface area contributed by atoms with E-state index < -0.39 is 21.4 Å². The molecule has 0 N–H and O–H groups in total. The van der Waals surface area contributed by atoms with Gasteiger partial charge in [-0.05, 0) is 44.8 Å². The number of hydrogen-bond acceptors (Lipinski definition) is 4. The van der Waals surface area contributed by atoms with Crippen molar-refractivity contribution in [2.45, 2.75) is 18.6 Å². The Bertz CT molecular complexity index is 650. The highest BCUT2D eigenvalue weighted by atomic mass is 79.9. The van der Waals surface area contributed by atoms with Crippen LogP contribution < -0.4 is 4.90 Å². The van der Waals surface area contributed by atoms with Gasteiger partial charge in [0, 0.05) is 17.4 Å². The first-order valence-corrected chi connectivity index (χ1v) is 8.30. The van der Waals surface area contributed by atoms with E-state index in [1.807, 2.05) is 0 Å². The van der Waals surface area contributed by atoms with Crippen molar-refractivity contribution < 1.29 is 17.1 Å². The van der Waals surface area contributed by atoms with Crippen LogP contribution in [0.3, 0.4) is 0 Å². The largest absolute Gasteiger partial charge is 0.307 e. The standard InChI is InChI=1S/C10H9Br2FN2O3S/c1-5-7(11)3-8(12)10(14-5)15-4-6(2-9(15)16)19(13,17)18/h3,6H,2,4H2,1H3. The second-order valence-corrected chi connectivity index (χ2v) is 7.49. The summed E-state index contributed by atoms with van der Waals surface area (Å²) in [5.74, 6) is -0.155. The number of pyridine rings is 1. The van der Waals surface area contributed by atoms with Crippen molar-refractivity contribution in [2.75, 3.05) is 11.4 Å². The molecule has 1 aromatic rings. The molecule has 19 heavy (non-hydrogen) atoms. The SMILES string of the molecule is Cc1nc(N2CC(S(=O)(=O)F)CC2=O)c(Br)cc1Br. The van der Waals surface area contributed by atoms with Gasteiger partial charge in [0.2, 0.25) is 5.91 Å². The molecule has 104 valence electrons. The summed E-state index contributed by atoms with van der Waals surface area (Å²) in [5, 5.41) is -1.32. The molecule has 5 nitrogen and oxygen atoms in total. The number of nitrogens with zero attached hydrogens (tertiary/aromatic N) is 2. The molecule has 1 atom stereocenters. The van der Waals surface area contributed by atoms with Gasteiger partial charge >= 0.3 is 10.2 Å². The monoisotopic (exact) mass is 414 g/mol. The molecule has 1 aromatic heterocycles. The van der Waals surface area contributed by atoms with Crippen molar-refractivity contribution in [3.63, 3.8) is 0 Å². The molecule has 0 bridgehead atoms. The quantitative estimate of drug-likeness (QED) is 0.695. The summed E-state index contributed by atoms with van der Waals surface area (Å²) in [6.45, 7) is 1.52. The smallest absolute Gasteiger partial charge is 0.294 e. The predicted molar refractivity (Wildman–Crippen MR) is 75.2 cm³/mol. The fourth-order valence-electron chi connectivity index (χ4n) is 1.80. The summed E-state index contributed by atoms with van der Waals surface area (Å²) in [5.41, 5.74) is 0.651. The molecule has 1 fully saturated rings. The molecule has 0 aromatic carbocycles. The summed E-state index contributed by atoms with van der Waals surface area (Å²) < 4.78 is 36.0. The van der Waals surface area contributed by atoms with E-state index in [0.29, 0.717) is 16.0 Å². The summed E-state index contributed by atoms with van der Waals surface area (Å²) >= 11 is 6.56. The molecule has 0 spiro atoms. The zero-order valence-electron chi connectivity index (χ0n) is 9.73. The van der Waals surface area contributed by atoms with Crippen LogP contribution in [0.1, 0.15) is 12.1 Å². The predicted octanol–water partition coefficient (Wildman–Crippen LogP) is 2.32. The van der Waals surface area contributed by atoms with E-state index in [1.54, 1.807) is 13.0 Å². The molecule has 0 aliphatic carbocycles. The van der Waals surface area contributed by atoms with Gasteiger partial charge in [-0.2, -0.15) is 8.42 Å². The van der Waals surface area contributed by atoms with E-state index >= 15 is 0 Å². The summed E-state index contributed by atoms with van der Waals surface area (Å²) in [6.07, 6.45) is -0.359. The number of halogens is 3. The van der Waals surface area contributed by atoms with Crippen LogP contribution in [-0.4, -0.2) is 31.1 Å². The summed E-state index contributed by atoms with van der Waals surface area (Å²) in [7, 11) is -4.72. The highest BCUT2D eigenvalue weighted by molar-refractivity contribution is 9.11. The molecule has 1 unspecified atom stereocenters. The van der Waals surface area contributed by atoms with Gasteiger partial charge in [0.15, 0.2) is 0 Å². The highest BCUT2D eigenvalue weighted by Crippen LogP contribution is 2.32. The second-order valence-electron chi connectivity index (χ2n) is 4.17. The van der Waals surface area contributed by atoms with E-state index in [9.17, 15) is 17.1 Å². The third-order valence-electron chi connectivity index (χ3n) is 2.83. The minimum atomic E-state index is -4.72. The van der Waals surface area contributed by atoms with Gasteiger partial charge in [-0.3, -0.25) is 9.69 Å². The Labute approximate surface area is 126 Å². The molecular weight excluding hydrogens is 407 g/mol. The van der Waals surface area contributed by atoms with Gasteiger partial charge in [-0.25, -0.2) is 4.98 Å². The second kappa shape index (κ2) is 5.10. The van der Waals surface area contributed by atoms with Gasteiger partial charge in [0.05, 0.1) is 10.2 Å². The van der Waals surface area contributed by atoms with Crippen LogP contribution in [0.2, 0.25) is 0 Å². The number of carbonyl (C=O) groups is 1. The lowest BCUT2D eigenvalue weighted by molar-refractivity contribution is -0.117. The lowest BCUT2D eigenvalue weighted by Gasteiger charge is -2.17. The average molecular weight is 416 g/mol. The Kier molecular flexibility index (Phi) is 3.99. The van der Waals surface area contributed by atoms with E-state index in [0.717, 1.165) is 4.47 Å². The zero-order chi connectivity index (χ0) is 14.4. The fraction of sp³-hybridized carbons (Fsp3) is 0.400. The number of aryl methyl sites for hydroxylation is 1. The first kappa shape index (κ1) is 14.9. The molecule has 2 rings (SSSR count). The maximum atomic E-state index is 13.0. The first-order chi connectivity index (χ1) is 8.70. The van der Waals surface area contributed by atoms with Crippen LogP contribution in [0.15, 0.2) is 15.0 Å². The summed E-state index contributed by atoms with van der Waals surface area (Å²) in [6, 6.07) is 1.71. The highest BCUT2D eigenvalue weighted by Gasteiger charge is 2.40. The maximum absolute atomic E-state index is 13.0. The van der Waals surface area contributed by atoms with E-state index in [2.05, 4.69) is 36.8 Å². The van der Waals surface area contributed by atoms with Crippen LogP contribution in [0, 0.1) is 6.92 Å². The van der Waals surface area contributed by atoms with Gasteiger partial charge < -0.3 is 0 Å². The maximum Gasteiger partial charge on any atom is 0.307 e. The molecule has 0 saturated carbocycles. The van der Waals surface area contributed by atoms with E-state index in [4.69, 9.17) is 0 Å². The number of aromatic nitrogens is 1. The normalized spacial score (nSPS) is 20.1.